The van der Waals surface area contributed by atoms with Crippen LogP contribution in [0.15, 0.2) is 24.5 Å². The van der Waals surface area contributed by atoms with Crippen LogP contribution in [-0.2, 0) is 12.7 Å². The Labute approximate surface area is 118 Å². The number of aryl methyl sites for hydroxylation is 1. The van der Waals surface area contributed by atoms with Crippen LogP contribution in [0, 0.1) is 6.92 Å². The highest BCUT2D eigenvalue weighted by molar-refractivity contribution is 5.47. The maximum absolute atomic E-state index is 12.7. The molecule has 0 bridgehead atoms. The molecule has 9 heteroatoms. The number of hydrogen-bond donors (Lipinski definition) is 3. The Balaban J connectivity index is 2.22. The van der Waals surface area contributed by atoms with Gasteiger partial charge in [0.05, 0.1) is 0 Å². The van der Waals surface area contributed by atoms with E-state index >= 15 is 0 Å². The summed E-state index contributed by atoms with van der Waals surface area (Å²) in [7, 11) is 0. The minimum atomic E-state index is -4.64. The first-order valence-electron chi connectivity index (χ1n) is 5.96. The SMILES string of the molecule is Cc1cnccc1CNc1cc(NN)nc(C(F)(F)F)n1. The zero-order valence-corrected chi connectivity index (χ0v) is 11.1. The van der Waals surface area contributed by atoms with Gasteiger partial charge in [0.25, 0.3) is 0 Å². The molecule has 0 amide bonds. The van der Waals surface area contributed by atoms with Crippen molar-refractivity contribution in [3.8, 4) is 0 Å². The highest BCUT2D eigenvalue weighted by Crippen LogP contribution is 2.28. The lowest BCUT2D eigenvalue weighted by Gasteiger charge is -2.12. The number of nitrogens with two attached hydrogens (primary N) is 1. The van der Waals surface area contributed by atoms with Crippen LogP contribution in [0.1, 0.15) is 17.0 Å². The minimum absolute atomic E-state index is 0.0292. The van der Waals surface area contributed by atoms with Gasteiger partial charge in [0, 0.05) is 25.0 Å². The summed E-state index contributed by atoms with van der Waals surface area (Å²) in [6.07, 6.45) is -1.36. The van der Waals surface area contributed by atoms with Crippen LogP contribution < -0.4 is 16.6 Å². The van der Waals surface area contributed by atoms with Crippen molar-refractivity contribution in [3.63, 3.8) is 0 Å². The fraction of sp³-hybridized carbons (Fsp3) is 0.250. The third-order valence-corrected chi connectivity index (χ3v) is 2.72. The fourth-order valence-corrected chi connectivity index (χ4v) is 1.62. The number of halogens is 3. The number of hydrogen-bond acceptors (Lipinski definition) is 6. The van der Waals surface area contributed by atoms with E-state index in [1.165, 1.54) is 6.07 Å². The molecule has 0 atom stereocenters. The molecule has 2 rings (SSSR count). The monoisotopic (exact) mass is 298 g/mol. The first-order chi connectivity index (χ1) is 9.90. The molecule has 21 heavy (non-hydrogen) atoms. The molecule has 0 radical (unpaired) electrons. The summed E-state index contributed by atoms with van der Waals surface area (Å²) in [5.74, 6) is 3.77. The normalized spacial score (nSPS) is 11.3. The summed E-state index contributed by atoms with van der Waals surface area (Å²) in [6.45, 7) is 2.17. The average molecular weight is 298 g/mol. The lowest BCUT2D eigenvalue weighted by atomic mass is 10.1. The van der Waals surface area contributed by atoms with Gasteiger partial charge in [0.15, 0.2) is 0 Å². The van der Waals surface area contributed by atoms with Crippen LogP contribution >= 0.6 is 0 Å². The molecule has 0 aromatic carbocycles. The molecular weight excluding hydrogens is 285 g/mol. The van der Waals surface area contributed by atoms with Gasteiger partial charge in [-0.3, -0.25) is 4.98 Å². The summed E-state index contributed by atoms with van der Waals surface area (Å²) >= 11 is 0. The molecule has 0 aliphatic heterocycles. The molecular formula is C12H13F3N6. The standard InChI is InChI=1S/C12H13F3N6/c1-7-5-17-3-2-8(7)6-18-9-4-10(21-16)20-11(19-9)12(13,14)15/h2-5H,6,16H2,1H3,(H2,18,19,20,21). The van der Waals surface area contributed by atoms with Gasteiger partial charge in [-0.2, -0.15) is 13.2 Å². The zero-order valence-electron chi connectivity index (χ0n) is 11.1. The van der Waals surface area contributed by atoms with Crippen molar-refractivity contribution in [2.45, 2.75) is 19.6 Å². The van der Waals surface area contributed by atoms with E-state index in [0.29, 0.717) is 6.54 Å². The van der Waals surface area contributed by atoms with Gasteiger partial charge in [-0.05, 0) is 24.1 Å². The lowest BCUT2D eigenvalue weighted by Crippen LogP contribution is -2.17. The summed E-state index contributed by atoms with van der Waals surface area (Å²) in [4.78, 5) is 10.7. The fourth-order valence-electron chi connectivity index (χ4n) is 1.62. The topological polar surface area (TPSA) is 88.8 Å². The number of aromatic nitrogens is 3. The average Bonchev–Trinajstić information content (AvgIpc) is 2.45. The summed E-state index contributed by atoms with van der Waals surface area (Å²) in [5, 5.41) is 2.81. The predicted octanol–water partition coefficient (Wildman–Crippen LogP) is 2.10. The highest BCUT2D eigenvalue weighted by Gasteiger charge is 2.35. The van der Waals surface area contributed by atoms with Gasteiger partial charge >= 0.3 is 6.18 Å². The Bertz CT molecular complexity index is 629. The molecule has 0 fully saturated rings. The maximum Gasteiger partial charge on any atom is 0.451 e. The van der Waals surface area contributed by atoms with Crippen molar-refractivity contribution in [2.75, 3.05) is 10.7 Å². The van der Waals surface area contributed by atoms with Gasteiger partial charge < -0.3 is 10.7 Å². The second-order valence-electron chi connectivity index (χ2n) is 4.26. The van der Waals surface area contributed by atoms with Crippen molar-refractivity contribution in [1.82, 2.24) is 15.0 Å². The molecule has 2 aromatic rings. The molecule has 0 aliphatic rings. The third-order valence-electron chi connectivity index (χ3n) is 2.72. The van der Waals surface area contributed by atoms with Gasteiger partial charge in [-0.15, -0.1) is 0 Å². The van der Waals surface area contributed by atoms with E-state index in [0.717, 1.165) is 11.1 Å². The van der Waals surface area contributed by atoms with E-state index in [2.05, 4.69) is 25.7 Å². The second-order valence-corrected chi connectivity index (χ2v) is 4.26. The van der Waals surface area contributed by atoms with E-state index in [9.17, 15) is 13.2 Å². The van der Waals surface area contributed by atoms with Gasteiger partial charge in [-0.25, -0.2) is 15.8 Å². The Hall–Kier alpha value is -2.42. The van der Waals surface area contributed by atoms with Gasteiger partial charge in [0.1, 0.15) is 11.6 Å². The summed E-state index contributed by atoms with van der Waals surface area (Å²) < 4.78 is 38.0. The number of alkyl halides is 3. The van der Waals surface area contributed by atoms with Crippen LogP contribution in [0.3, 0.4) is 0 Å². The second kappa shape index (κ2) is 5.92. The van der Waals surface area contributed by atoms with E-state index in [4.69, 9.17) is 5.84 Å². The highest BCUT2D eigenvalue weighted by atomic mass is 19.4. The van der Waals surface area contributed by atoms with Crippen molar-refractivity contribution in [1.29, 1.82) is 0 Å². The van der Waals surface area contributed by atoms with Crippen molar-refractivity contribution >= 4 is 11.6 Å². The maximum atomic E-state index is 12.7. The van der Waals surface area contributed by atoms with Crippen LogP contribution in [0.5, 0.6) is 0 Å². The Morgan fingerprint density at radius 1 is 1.24 bits per heavy atom. The zero-order chi connectivity index (χ0) is 15.5. The molecule has 0 aliphatic carbocycles. The van der Waals surface area contributed by atoms with E-state index in [1.807, 2.05) is 6.92 Å². The molecule has 112 valence electrons. The Morgan fingerprint density at radius 2 is 1.95 bits per heavy atom. The summed E-state index contributed by atoms with van der Waals surface area (Å²) in [5.41, 5.74) is 3.91. The van der Waals surface area contributed by atoms with Crippen molar-refractivity contribution in [2.24, 2.45) is 5.84 Å². The number of rotatable bonds is 4. The van der Waals surface area contributed by atoms with E-state index in [-0.39, 0.29) is 11.6 Å². The molecule has 0 unspecified atom stereocenters. The number of pyridine rings is 1. The number of anilines is 2. The lowest BCUT2D eigenvalue weighted by molar-refractivity contribution is -0.144. The van der Waals surface area contributed by atoms with Crippen LogP contribution in [0.4, 0.5) is 24.8 Å². The molecule has 6 nitrogen and oxygen atoms in total. The Kier molecular flexibility index (Phi) is 4.22. The molecule has 0 saturated heterocycles. The summed E-state index contributed by atoms with van der Waals surface area (Å²) in [6, 6.07) is 3.07. The molecule has 2 aromatic heterocycles. The quantitative estimate of drug-likeness (QED) is 0.591. The molecule has 0 saturated carbocycles. The molecule has 4 N–H and O–H groups in total. The first-order valence-corrected chi connectivity index (χ1v) is 5.96. The van der Waals surface area contributed by atoms with Gasteiger partial charge in [-0.1, -0.05) is 0 Å². The largest absolute Gasteiger partial charge is 0.451 e. The van der Waals surface area contributed by atoms with Crippen LogP contribution in [-0.4, -0.2) is 15.0 Å². The first kappa shape index (κ1) is 15.0. The van der Waals surface area contributed by atoms with Gasteiger partial charge in [0.2, 0.25) is 5.82 Å². The predicted molar refractivity (Wildman–Crippen MR) is 71.1 cm³/mol. The third kappa shape index (κ3) is 3.78. The van der Waals surface area contributed by atoms with Crippen LogP contribution in [0.25, 0.3) is 0 Å². The number of nitrogen functional groups attached to an aromatic ring is 1. The van der Waals surface area contributed by atoms with Crippen LogP contribution in [0.2, 0.25) is 0 Å². The number of hydrazine groups is 1. The smallest absolute Gasteiger partial charge is 0.366 e. The molecule has 0 spiro atoms. The Morgan fingerprint density at radius 3 is 2.57 bits per heavy atom. The number of nitrogens with one attached hydrogen (secondary N) is 2. The number of nitrogens with zero attached hydrogens (tertiary/aromatic N) is 3. The van der Waals surface area contributed by atoms with E-state index in [1.54, 1.807) is 18.5 Å². The van der Waals surface area contributed by atoms with Crippen molar-refractivity contribution in [3.05, 3.63) is 41.5 Å². The van der Waals surface area contributed by atoms with Crippen molar-refractivity contribution < 1.29 is 13.2 Å². The molecule has 2 heterocycles. The van der Waals surface area contributed by atoms with E-state index < -0.39 is 12.0 Å². The minimum Gasteiger partial charge on any atom is -0.366 e.